The van der Waals surface area contributed by atoms with Gasteiger partial charge in [-0.3, -0.25) is 9.20 Å². The van der Waals surface area contributed by atoms with Crippen molar-refractivity contribution in [2.45, 2.75) is 12.5 Å². The van der Waals surface area contributed by atoms with Crippen molar-refractivity contribution in [1.82, 2.24) is 14.7 Å². The molecule has 3 aromatic rings. The van der Waals surface area contributed by atoms with Crippen LogP contribution in [0.3, 0.4) is 0 Å². The van der Waals surface area contributed by atoms with E-state index in [1.54, 1.807) is 18.2 Å². The monoisotopic (exact) mass is 311 g/mol. The molecule has 1 N–H and O–H groups in total. The number of carbonyl (C=O) groups excluding carboxylic acids is 1. The summed E-state index contributed by atoms with van der Waals surface area (Å²) >= 11 is 0. The SMILES string of the molecule is O=C(NC1COc2ccccc2C1)c1nc2ccccn2c1F. The molecule has 6 heteroatoms. The third-order valence-electron chi connectivity index (χ3n) is 3.90. The van der Waals surface area contributed by atoms with Crippen LogP contribution in [0.4, 0.5) is 4.39 Å². The predicted octanol–water partition coefficient (Wildman–Crippen LogP) is 2.21. The Balaban J connectivity index is 1.55. The molecule has 0 saturated heterocycles. The van der Waals surface area contributed by atoms with E-state index in [0.717, 1.165) is 11.3 Å². The topological polar surface area (TPSA) is 55.6 Å². The van der Waals surface area contributed by atoms with Crippen molar-refractivity contribution >= 4 is 11.6 Å². The third kappa shape index (κ3) is 2.42. The van der Waals surface area contributed by atoms with Crippen molar-refractivity contribution in [3.63, 3.8) is 0 Å². The first-order valence-electron chi connectivity index (χ1n) is 7.36. The standard InChI is InChI=1S/C17H14FN3O2/c18-16-15(20-14-7-3-4-8-21(14)16)17(22)19-12-9-11-5-1-2-6-13(11)23-10-12/h1-8,12H,9-10H2,(H,19,22). The molecule has 1 aliphatic heterocycles. The van der Waals surface area contributed by atoms with Crippen LogP contribution in [0.2, 0.25) is 0 Å². The number of nitrogens with zero attached hydrogens (tertiary/aromatic N) is 2. The molecule has 2 aromatic heterocycles. The van der Waals surface area contributed by atoms with E-state index < -0.39 is 11.9 Å². The number of amides is 1. The van der Waals surface area contributed by atoms with E-state index in [4.69, 9.17) is 4.74 Å². The summed E-state index contributed by atoms with van der Waals surface area (Å²) in [6, 6.07) is 12.6. The van der Waals surface area contributed by atoms with E-state index in [9.17, 15) is 9.18 Å². The van der Waals surface area contributed by atoms with Crippen molar-refractivity contribution in [2.24, 2.45) is 0 Å². The van der Waals surface area contributed by atoms with Gasteiger partial charge in [0, 0.05) is 6.20 Å². The summed E-state index contributed by atoms with van der Waals surface area (Å²) in [7, 11) is 0. The normalized spacial score (nSPS) is 16.7. The number of hydrogen-bond donors (Lipinski definition) is 1. The molecule has 0 aliphatic carbocycles. The van der Waals surface area contributed by atoms with Crippen LogP contribution >= 0.6 is 0 Å². The number of halogens is 1. The summed E-state index contributed by atoms with van der Waals surface area (Å²) in [4.78, 5) is 16.4. The molecule has 1 aliphatic rings. The lowest BCUT2D eigenvalue weighted by molar-refractivity contribution is 0.0906. The van der Waals surface area contributed by atoms with Gasteiger partial charge in [-0.25, -0.2) is 4.98 Å². The van der Waals surface area contributed by atoms with E-state index in [-0.39, 0.29) is 11.7 Å². The molecule has 0 fully saturated rings. The Hall–Kier alpha value is -2.89. The number of para-hydroxylation sites is 1. The van der Waals surface area contributed by atoms with Crippen LogP contribution in [-0.4, -0.2) is 27.9 Å². The van der Waals surface area contributed by atoms with Crippen molar-refractivity contribution in [1.29, 1.82) is 0 Å². The van der Waals surface area contributed by atoms with Crippen molar-refractivity contribution < 1.29 is 13.9 Å². The van der Waals surface area contributed by atoms with Crippen molar-refractivity contribution in [3.8, 4) is 5.75 Å². The number of benzene rings is 1. The van der Waals surface area contributed by atoms with Gasteiger partial charge in [0.1, 0.15) is 18.0 Å². The maximum atomic E-state index is 14.3. The highest BCUT2D eigenvalue weighted by molar-refractivity contribution is 5.93. The van der Waals surface area contributed by atoms with E-state index >= 15 is 0 Å². The molecule has 0 spiro atoms. The van der Waals surface area contributed by atoms with Crippen LogP contribution < -0.4 is 10.1 Å². The fourth-order valence-electron chi connectivity index (χ4n) is 2.78. The molecule has 23 heavy (non-hydrogen) atoms. The maximum Gasteiger partial charge on any atom is 0.275 e. The highest BCUT2D eigenvalue weighted by Gasteiger charge is 2.25. The van der Waals surface area contributed by atoms with E-state index in [2.05, 4.69) is 10.3 Å². The fourth-order valence-corrected chi connectivity index (χ4v) is 2.78. The van der Waals surface area contributed by atoms with Gasteiger partial charge in [-0.1, -0.05) is 24.3 Å². The average molecular weight is 311 g/mol. The van der Waals surface area contributed by atoms with Crippen molar-refractivity contribution in [2.75, 3.05) is 6.61 Å². The molecule has 3 heterocycles. The Kier molecular flexibility index (Phi) is 3.22. The highest BCUT2D eigenvalue weighted by Crippen LogP contribution is 2.24. The van der Waals surface area contributed by atoms with E-state index in [0.29, 0.717) is 18.7 Å². The fraction of sp³-hybridized carbons (Fsp3) is 0.176. The second-order valence-corrected chi connectivity index (χ2v) is 5.47. The van der Waals surface area contributed by atoms with Gasteiger partial charge in [0.15, 0.2) is 5.69 Å². The third-order valence-corrected chi connectivity index (χ3v) is 3.90. The molecule has 0 radical (unpaired) electrons. The molecular formula is C17H14FN3O2. The molecule has 4 rings (SSSR count). The Labute approximate surface area is 131 Å². The second-order valence-electron chi connectivity index (χ2n) is 5.47. The second kappa shape index (κ2) is 5.39. The van der Waals surface area contributed by atoms with Gasteiger partial charge in [-0.15, -0.1) is 0 Å². The lowest BCUT2D eigenvalue weighted by Gasteiger charge is -2.25. The van der Waals surface area contributed by atoms with Crippen molar-refractivity contribution in [3.05, 3.63) is 65.9 Å². The number of fused-ring (bicyclic) bond motifs is 2. The smallest absolute Gasteiger partial charge is 0.275 e. The minimum Gasteiger partial charge on any atom is -0.491 e. The highest BCUT2D eigenvalue weighted by atomic mass is 19.1. The zero-order chi connectivity index (χ0) is 15.8. The number of rotatable bonds is 2. The predicted molar refractivity (Wildman–Crippen MR) is 82.0 cm³/mol. The molecule has 116 valence electrons. The maximum absolute atomic E-state index is 14.3. The first-order chi connectivity index (χ1) is 11.2. The Morgan fingerprint density at radius 2 is 2.09 bits per heavy atom. The first kappa shape index (κ1) is 13.8. The average Bonchev–Trinajstić information content (AvgIpc) is 2.92. The number of imidazole rings is 1. The zero-order valence-electron chi connectivity index (χ0n) is 12.2. The van der Waals surface area contributed by atoms with Crippen LogP contribution in [-0.2, 0) is 6.42 Å². The van der Waals surface area contributed by atoms with E-state index in [1.165, 1.54) is 10.6 Å². The Morgan fingerprint density at radius 3 is 2.96 bits per heavy atom. The molecule has 1 atom stereocenters. The molecule has 1 unspecified atom stereocenters. The Bertz CT molecular complexity index is 890. The van der Waals surface area contributed by atoms with Gasteiger partial charge in [-0.05, 0) is 30.2 Å². The number of ether oxygens (including phenoxy) is 1. The Morgan fingerprint density at radius 1 is 1.26 bits per heavy atom. The van der Waals surface area contributed by atoms with Crippen LogP contribution in [0, 0.1) is 5.95 Å². The summed E-state index contributed by atoms with van der Waals surface area (Å²) < 4.78 is 21.2. The molecule has 0 bridgehead atoms. The number of carbonyl (C=O) groups is 1. The quantitative estimate of drug-likeness (QED) is 0.789. The van der Waals surface area contributed by atoms with Gasteiger partial charge in [0.05, 0.1) is 6.04 Å². The summed E-state index contributed by atoms with van der Waals surface area (Å²) in [6.45, 7) is 0.359. The van der Waals surface area contributed by atoms with Crippen LogP contribution in [0.25, 0.3) is 5.65 Å². The summed E-state index contributed by atoms with van der Waals surface area (Å²) in [5.41, 5.74) is 1.23. The summed E-state index contributed by atoms with van der Waals surface area (Å²) in [5.74, 6) is -0.355. The van der Waals surface area contributed by atoms with Gasteiger partial charge in [-0.2, -0.15) is 4.39 Å². The van der Waals surface area contributed by atoms with Crippen LogP contribution in [0.15, 0.2) is 48.7 Å². The molecule has 0 saturated carbocycles. The lowest BCUT2D eigenvalue weighted by atomic mass is 10.0. The van der Waals surface area contributed by atoms with Gasteiger partial charge in [0.25, 0.3) is 5.91 Å². The summed E-state index contributed by atoms with van der Waals surface area (Å²) in [6.07, 6.45) is 2.19. The lowest BCUT2D eigenvalue weighted by Crippen LogP contribution is -2.43. The number of pyridine rings is 1. The van der Waals surface area contributed by atoms with Gasteiger partial charge in [0.2, 0.25) is 5.95 Å². The first-order valence-corrected chi connectivity index (χ1v) is 7.36. The number of nitrogens with one attached hydrogen (secondary N) is 1. The molecule has 1 amide bonds. The largest absolute Gasteiger partial charge is 0.491 e. The zero-order valence-corrected chi connectivity index (χ0v) is 12.2. The van der Waals surface area contributed by atoms with E-state index in [1.807, 2.05) is 24.3 Å². The van der Waals surface area contributed by atoms with Crippen LogP contribution in [0.5, 0.6) is 5.75 Å². The number of aromatic nitrogens is 2. The van der Waals surface area contributed by atoms with Gasteiger partial charge < -0.3 is 10.1 Å². The number of hydrogen-bond acceptors (Lipinski definition) is 3. The van der Waals surface area contributed by atoms with Gasteiger partial charge >= 0.3 is 0 Å². The molecular weight excluding hydrogens is 297 g/mol. The molecule has 5 nitrogen and oxygen atoms in total. The summed E-state index contributed by atoms with van der Waals surface area (Å²) in [5, 5.41) is 2.80. The molecule has 1 aromatic carbocycles. The minimum absolute atomic E-state index is 0.199. The van der Waals surface area contributed by atoms with Crippen LogP contribution in [0.1, 0.15) is 16.1 Å². The minimum atomic E-state index is -0.657.